The molecule has 9 heteroatoms. The predicted molar refractivity (Wildman–Crippen MR) is 106 cm³/mol. The van der Waals surface area contributed by atoms with Gasteiger partial charge in [0.25, 0.3) is 10.0 Å². The minimum atomic E-state index is -4.15. The van der Waals surface area contributed by atoms with E-state index in [1.54, 1.807) is 12.1 Å². The molecule has 1 atom stereocenters. The number of sulfonamides is 1. The van der Waals surface area contributed by atoms with Gasteiger partial charge < -0.3 is 14.7 Å². The molecule has 0 spiro atoms. The van der Waals surface area contributed by atoms with Crippen molar-refractivity contribution < 1.29 is 23.1 Å². The number of hydrogen-bond donors (Lipinski definition) is 2. The van der Waals surface area contributed by atoms with Crippen molar-refractivity contribution in [3.8, 4) is 11.8 Å². The Labute approximate surface area is 168 Å². The Morgan fingerprint density at radius 2 is 2.07 bits per heavy atom. The standard InChI is InChI=1S/C20H19N3O5S/c21-11-13-4-6-17-16(9-13)22-29(26,27)19-10-14(20(24)25)5-7-18(19)28-12-15-3-1-2-8-23(15)17/h4-7,9-10,15,22H,1-3,8,12H2,(H,24,25). The van der Waals surface area contributed by atoms with Crippen molar-refractivity contribution in [3.05, 3.63) is 47.5 Å². The van der Waals surface area contributed by atoms with Crippen LogP contribution in [0.15, 0.2) is 41.3 Å². The summed E-state index contributed by atoms with van der Waals surface area (Å²) in [6.07, 6.45) is 2.89. The van der Waals surface area contributed by atoms with Crippen molar-refractivity contribution in [1.29, 1.82) is 5.26 Å². The summed E-state index contributed by atoms with van der Waals surface area (Å²) in [5.74, 6) is -1.13. The summed E-state index contributed by atoms with van der Waals surface area (Å²) in [5.41, 5.74) is 1.15. The lowest BCUT2D eigenvalue weighted by atomic mass is 10.0. The fourth-order valence-electron chi connectivity index (χ4n) is 3.78. The van der Waals surface area contributed by atoms with Crippen LogP contribution < -0.4 is 14.4 Å². The van der Waals surface area contributed by atoms with Crippen LogP contribution in [0.1, 0.15) is 35.2 Å². The van der Waals surface area contributed by atoms with Gasteiger partial charge in [0.15, 0.2) is 0 Å². The van der Waals surface area contributed by atoms with Crippen molar-refractivity contribution >= 4 is 27.4 Å². The van der Waals surface area contributed by atoms with Crippen LogP contribution in [-0.2, 0) is 10.0 Å². The van der Waals surface area contributed by atoms with Crippen molar-refractivity contribution in [1.82, 2.24) is 0 Å². The fraction of sp³-hybridized carbons (Fsp3) is 0.300. The molecule has 4 rings (SSSR count). The molecular formula is C20H19N3O5S. The number of aromatic carboxylic acids is 1. The lowest BCUT2D eigenvalue weighted by Gasteiger charge is -2.39. The van der Waals surface area contributed by atoms with Gasteiger partial charge in [0.2, 0.25) is 0 Å². The third kappa shape index (κ3) is 3.59. The molecule has 1 saturated heterocycles. The van der Waals surface area contributed by atoms with Gasteiger partial charge in [-0.1, -0.05) is 0 Å². The van der Waals surface area contributed by atoms with Gasteiger partial charge in [-0.25, -0.2) is 13.2 Å². The zero-order valence-electron chi connectivity index (χ0n) is 15.5. The van der Waals surface area contributed by atoms with E-state index >= 15 is 0 Å². The second kappa shape index (κ2) is 7.29. The Morgan fingerprint density at radius 3 is 2.83 bits per heavy atom. The van der Waals surface area contributed by atoms with Gasteiger partial charge in [-0.2, -0.15) is 5.26 Å². The van der Waals surface area contributed by atoms with Crippen LogP contribution in [0.25, 0.3) is 0 Å². The Kier molecular flexibility index (Phi) is 4.80. The number of anilines is 2. The first kappa shape index (κ1) is 19.1. The summed E-state index contributed by atoms with van der Waals surface area (Å²) >= 11 is 0. The summed E-state index contributed by atoms with van der Waals surface area (Å²) in [7, 11) is -4.15. The molecule has 1 unspecified atom stereocenters. The maximum Gasteiger partial charge on any atom is 0.335 e. The summed E-state index contributed by atoms with van der Waals surface area (Å²) in [4.78, 5) is 13.2. The maximum atomic E-state index is 13.1. The van der Waals surface area contributed by atoms with Gasteiger partial charge in [-0.3, -0.25) is 4.72 Å². The van der Waals surface area contributed by atoms with Crippen molar-refractivity contribution in [3.63, 3.8) is 0 Å². The number of nitriles is 1. The molecular weight excluding hydrogens is 394 g/mol. The topological polar surface area (TPSA) is 120 Å². The molecule has 29 heavy (non-hydrogen) atoms. The van der Waals surface area contributed by atoms with Gasteiger partial charge in [0, 0.05) is 6.54 Å². The summed E-state index contributed by atoms with van der Waals surface area (Å²) in [6.45, 7) is 1.02. The van der Waals surface area contributed by atoms with Crippen LogP contribution in [0.4, 0.5) is 11.4 Å². The number of rotatable bonds is 1. The van der Waals surface area contributed by atoms with Gasteiger partial charge in [-0.05, 0) is 55.7 Å². The molecule has 2 aliphatic rings. The molecule has 2 N–H and O–H groups in total. The maximum absolute atomic E-state index is 13.1. The average Bonchev–Trinajstić information content (AvgIpc) is 2.71. The molecule has 0 amide bonds. The third-order valence-electron chi connectivity index (χ3n) is 5.22. The summed E-state index contributed by atoms with van der Waals surface area (Å²) in [6, 6.07) is 10.7. The molecule has 0 bridgehead atoms. The molecule has 2 aliphatic heterocycles. The van der Waals surface area contributed by atoms with Gasteiger partial charge in [0.1, 0.15) is 17.3 Å². The number of nitrogens with one attached hydrogen (secondary N) is 1. The molecule has 8 nitrogen and oxygen atoms in total. The number of carboxylic acid groups (broad SMARTS) is 1. The highest BCUT2D eigenvalue weighted by Gasteiger charge is 2.30. The Balaban J connectivity index is 1.90. The van der Waals surface area contributed by atoms with E-state index in [-0.39, 0.29) is 28.9 Å². The van der Waals surface area contributed by atoms with E-state index in [0.717, 1.165) is 31.9 Å². The monoisotopic (exact) mass is 413 g/mol. The van der Waals surface area contributed by atoms with Crippen LogP contribution in [-0.4, -0.2) is 38.7 Å². The number of nitrogens with zero attached hydrogens (tertiary/aromatic N) is 2. The highest BCUT2D eigenvalue weighted by Crippen LogP contribution is 2.37. The number of fused-ring (bicyclic) bond motifs is 4. The number of hydrogen-bond acceptors (Lipinski definition) is 6. The smallest absolute Gasteiger partial charge is 0.335 e. The average molecular weight is 413 g/mol. The number of carbonyl (C=O) groups is 1. The van der Waals surface area contributed by atoms with E-state index in [1.165, 1.54) is 18.2 Å². The molecule has 2 aromatic rings. The van der Waals surface area contributed by atoms with Crippen LogP contribution in [0, 0.1) is 11.3 Å². The number of piperidine rings is 1. The molecule has 0 saturated carbocycles. The van der Waals surface area contributed by atoms with Gasteiger partial charge in [0.05, 0.1) is 34.6 Å². The zero-order valence-corrected chi connectivity index (χ0v) is 16.3. The molecule has 1 fully saturated rings. The zero-order chi connectivity index (χ0) is 20.6. The SMILES string of the molecule is N#Cc1ccc2c(c1)NS(=O)(=O)c1cc(C(=O)O)ccc1OCC1CCCCN21. The molecule has 150 valence electrons. The number of carboxylic acids is 1. The Morgan fingerprint density at radius 1 is 1.24 bits per heavy atom. The fourth-order valence-corrected chi connectivity index (χ4v) is 5.02. The van der Waals surface area contributed by atoms with E-state index < -0.39 is 16.0 Å². The molecule has 0 aromatic heterocycles. The largest absolute Gasteiger partial charge is 0.490 e. The van der Waals surface area contributed by atoms with E-state index in [0.29, 0.717) is 16.9 Å². The summed E-state index contributed by atoms with van der Waals surface area (Å²) in [5, 5.41) is 18.5. The molecule has 2 heterocycles. The van der Waals surface area contributed by atoms with E-state index in [9.17, 15) is 23.6 Å². The minimum Gasteiger partial charge on any atom is -0.490 e. The Bertz CT molecular complexity index is 1120. The molecule has 0 radical (unpaired) electrons. The van der Waals surface area contributed by atoms with Crippen LogP contribution >= 0.6 is 0 Å². The predicted octanol–water partition coefficient (Wildman–Crippen LogP) is 2.81. The van der Waals surface area contributed by atoms with E-state index in [4.69, 9.17) is 4.74 Å². The minimum absolute atomic E-state index is 0.0324. The lowest BCUT2D eigenvalue weighted by Crippen LogP contribution is -2.44. The first-order valence-corrected chi connectivity index (χ1v) is 10.7. The van der Waals surface area contributed by atoms with Crippen LogP contribution in [0.5, 0.6) is 5.75 Å². The first-order chi connectivity index (χ1) is 13.9. The quantitative estimate of drug-likeness (QED) is 0.737. The first-order valence-electron chi connectivity index (χ1n) is 9.23. The highest BCUT2D eigenvalue weighted by atomic mass is 32.2. The van der Waals surface area contributed by atoms with Crippen LogP contribution in [0.3, 0.4) is 0 Å². The van der Waals surface area contributed by atoms with Gasteiger partial charge in [-0.15, -0.1) is 0 Å². The molecule has 0 aliphatic carbocycles. The third-order valence-corrected chi connectivity index (χ3v) is 6.60. The van der Waals surface area contributed by atoms with Gasteiger partial charge >= 0.3 is 5.97 Å². The molecule has 2 aromatic carbocycles. The van der Waals surface area contributed by atoms with E-state index in [1.807, 2.05) is 6.07 Å². The number of ether oxygens (including phenoxy) is 1. The van der Waals surface area contributed by atoms with Crippen LogP contribution in [0.2, 0.25) is 0 Å². The second-order valence-electron chi connectivity index (χ2n) is 7.07. The Hall–Kier alpha value is -3.25. The van der Waals surface area contributed by atoms with E-state index in [2.05, 4.69) is 9.62 Å². The normalized spacial score (nSPS) is 20.0. The van der Waals surface area contributed by atoms with Crippen molar-refractivity contribution in [2.45, 2.75) is 30.2 Å². The highest BCUT2D eigenvalue weighted by molar-refractivity contribution is 7.92. The van der Waals surface area contributed by atoms with Crippen molar-refractivity contribution in [2.75, 3.05) is 22.8 Å². The second-order valence-corrected chi connectivity index (χ2v) is 8.72. The van der Waals surface area contributed by atoms with Crippen molar-refractivity contribution in [2.24, 2.45) is 0 Å². The number of benzene rings is 2. The lowest BCUT2D eigenvalue weighted by molar-refractivity contribution is 0.0696. The summed E-state index contributed by atoms with van der Waals surface area (Å²) < 4.78 is 34.6.